The summed E-state index contributed by atoms with van der Waals surface area (Å²) in [4.78, 5) is 15.6. The van der Waals surface area contributed by atoms with Crippen molar-refractivity contribution in [2.45, 2.75) is 20.1 Å². The number of nitrogens with zero attached hydrogens (tertiary/aromatic N) is 2. The molecule has 1 aromatic heterocycles. The molecular formula is C17H17N3O4. The van der Waals surface area contributed by atoms with Crippen molar-refractivity contribution in [3.05, 3.63) is 46.0 Å². The fourth-order valence-electron chi connectivity index (χ4n) is 2.78. The van der Waals surface area contributed by atoms with E-state index in [4.69, 9.17) is 4.74 Å². The molecule has 2 N–H and O–H groups in total. The molecule has 7 nitrogen and oxygen atoms in total. The molecule has 0 aliphatic rings. The van der Waals surface area contributed by atoms with Crippen LogP contribution in [-0.2, 0) is 0 Å². The van der Waals surface area contributed by atoms with Gasteiger partial charge in [-0.1, -0.05) is 6.07 Å². The maximum absolute atomic E-state index is 11.5. The molecule has 1 heterocycles. The Labute approximate surface area is 138 Å². The molecule has 0 spiro atoms. The van der Waals surface area contributed by atoms with Gasteiger partial charge >= 0.3 is 0 Å². The van der Waals surface area contributed by atoms with Crippen LogP contribution in [0.25, 0.3) is 21.8 Å². The topological polar surface area (TPSA) is 97.5 Å². The van der Waals surface area contributed by atoms with E-state index in [9.17, 15) is 15.2 Å². The summed E-state index contributed by atoms with van der Waals surface area (Å²) in [5.74, 6) is 0.604. The lowest BCUT2D eigenvalue weighted by atomic mass is 10.0. The van der Waals surface area contributed by atoms with Crippen molar-refractivity contribution in [3.8, 4) is 5.75 Å². The van der Waals surface area contributed by atoms with Crippen molar-refractivity contribution >= 4 is 33.2 Å². The van der Waals surface area contributed by atoms with Gasteiger partial charge in [0.05, 0.1) is 28.8 Å². The Balaban J connectivity index is 2.53. The molecule has 0 amide bonds. The Morgan fingerprint density at radius 3 is 2.71 bits per heavy atom. The van der Waals surface area contributed by atoms with E-state index < -0.39 is 11.2 Å². The van der Waals surface area contributed by atoms with E-state index in [1.807, 2.05) is 6.92 Å². The molecule has 1 unspecified atom stereocenters. The highest BCUT2D eigenvalue weighted by molar-refractivity contribution is 6.12. The number of aliphatic hydroxyl groups excluding tert-OH is 1. The molecule has 24 heavy (non-hydrogen) atoms. The van der Waals surface area contributed by atoms with Crippen molar-refractivity contribution in [1.82, 2.24) is 4.98 Å². The Morgan fingerprint density at radius 2 is 2.08 bits per heavy atom. The number of nitrogens with one attached hydrogen (secondary N) is 1. The molecule has 0 saturated carbocycles. The molecule has 0 bridgehead atoms. The van der Waals surface area contributed by atoms with Crippen LogP contribution in [0.3, 0.4) is 0 Å². The number of hydrogen-bond acceptors (Lipinski definition) is 6. The molecule has 7 heteroatoms. The minimum Gasteiger partial charge on any atom is -0.497 e. The van der Waals surface area contributed by atoms with Gasteiger partial charge in [-0.05, 0) is 37.6 Å². The molecule has 3 aromatic rings. The lowest BCUT2D eigenvalue weighted by Gasteiger charge is -2.16. The number of methoxy groups -OCH3 is 1. The van der Waals surface area contributed by atoms with Gasteiger partial charge in [-0.25, -0.2) is 4.98 Å². The molecule has 0 fully saturated rings. The van der Waals surface area contributed by atoms with E-state index >= 15 is 0 Å². The highest BCUT2D eigenvalue weighted by Gasteiger charge is 2.21. The summed E-state index contributed by atoms with van der Waals surface area (Å²) in [6, 6.07) is 8.45. The first-order valence-corrected chi connectivity index (χ1v) is 7.42. The minimum atomic E-state index is -0.884. The van der Waals surface area contributed by atoms with Crippen LogP contribution in [0.15, 0.2) is 30.3 Å². The zero-order valence-electron chi connectivity index (χ0n) is 13.5. The number of aromatic nitrogens is 1. The second-order valence-corrected chi connectivity index (χ2v) is 5.57. The highest BCUT2D eigenvalue weighted by atomic mass is 16.6. The first-order valence-electron chi connectivity index (χ1n) is 7.42. The SMILES string of the molecule is COc1ccc2nc3c(C)ccc([N+](=O)[O-])c3c(NC(C)O)c2c1. The molecular weight excluding hydrogens is 310 g/mol. The number of anilines is 1. The first-order chi connectivity index (χ1) is 11.4. The summed E-state index contributed by atoms with van der Waals surface area (Å²) in [5.41, 5.74) is 2.43. The number of aryl methyl sites for hydroxylation is 1. The van der Waals surface area contributed by atoms with Gasteiger partial charge < -0.3 is 15.2 Å². The van der Waals surface area contributed by atoms with Crippen molar-refractivity contribution in [1.29, 1.82) is 0 Å². The lowest BCUT2D eigenvalue weighted by molar-refractivity contribution is -0.383. The molecule has 0 aliphatic heterocycles. The molecule has 1 atom stereocenters. The largest absolute Gasteiger partial charge is 0.497 e. The summed E-state index contributed by atoms with van der Waals surface area (Å²) >= 11 is 0. The van der Waals surface area contributed by atoms with Crippen molar-refractivity contribution < 1.29 is 14.8 Å². The van der Waals surface area contributed by atoms with Gasteiger partial charge in [0.25, 0.3) is 5.69 Å². The number of rotatable bonds is 4. The Hall–Kier alpha value is -2.93. The van der Waals surface area contributed by atoms with Crippen LogP contribution in [0.1, 0.15) is 12.5 Å². The Morgan fingerprint density at radius 1 is 1.33 bits per heavy atom. The number of nitro benzene ring substituents is 1. The van der Waals surface area contributed by atoms with E-state index in [0.717, 1.165) is 5.56 Å². The molecule has 0 saturated heterocycles. The van der Waals surface area contributed by atoms with E-state index in [1.165, 1.54) is 6.07 Å². The maximum atomic E-state index is 11.5. The van der Waals surface area contributed by atoms with E-state index in [2.05, 4.69) is 10.3 Å². The number of pyridine rings is 1. The van der Waals surface area contributed by atoms with Crippen molar-refractivity contribution in [3.63, 3.8) is 0 Å². The summed E-state index contributed by atoms with van der Waals surface area (Å²) in [6.07, 6.45) is -0.884. The van der Waals surface area contributed by atoms with Gasteiger partial charge in [-0.3, -0.25) is 10.1 Å². The van der Waals surface area contributed by atoms with Gasteiger partial charge in [0.15, 0.2) is 0 Å². The monoisotopic (exact) mass is 327 g/mol. The zero-order chi connectivity index (χ0) is 17.4. The molecule has 124 valence electrons. The Bertz CT molecular complexity index is 954. The number of benzene rings is 2. The number of hydrogen-bond donors (Lipinski definition) is 2. The quantitative estimate of drug-likeness (QED) is 0.330. The summed E-state index contributed by atoms with van der Waals surface area (Å²) in [5, 5.41) is 25.2. The zero-order valence-corrected chi connectivity index (χ0v) is 13.5. The maximum Gasteiger partial charge on any atom is 0.280 e. The molecule has 0 radical (unpaired) electrons. The third-order valence-electron chi connectivity index (χ3n) is 3.86. The Kier molecular flexibility index (Phi) is 3.94. The second-order valence-electron chi connectivity index (χ2n) is 5.57. The third kappa shape index (κ3) is 2.59. The van der Waals surface area contributed by atoms with Gasteiger partial charge in [-0.2, -0.15) is 0 Å². The lowest BCUT2D eigenvalue weighted by Crippen LogP contribution is -2.14. The molecule has 2 aromatic carbocycles. The minimum absolute atomic E-state index is 0.0593. The van der Waals surface area contributed by atoms with Crippen LogP contribution >= 0.6 is 0 Å². The number of aliphatic hydroxyl groups is 1. The van der Waals surface area contributed by atoms with Crippen molar-refractivity contribution in [2.75, 3.05) is 12.4 Å². The number of fused-ring (bicyclic) bond motifs is 2. The first kappa shape index (κ1) is 15.9. The van der Waals surface area contributed by atoms with Gasteiger partial charge in [0.1, 0.15) is 17.4 Å². The second kappa shape index (κ2) is 5.93. The number of nitro groups is 1. The average Bonchev–Trinajstić information content (AvgIpc) is 2.54. The van der Waals surface area contributed by atoms with E-state index in [1.54, 1.807) is 38.3 Å². The van der Waals surface area contributed by atoms with Crippen molar-refractivity contribution in [2.24, 2.45) is 0 Å². The summed E-state index contributed by atoms with van der Waals surface area (Å²) in [7, 11) is 1.55. The fraction of sp³-hybridized carbons (Fsp3) is 0.235. The fourth-order valence-corrected chi connectivity index (χ4v) is 2.78. The predicted molar refractivity (Wildman–Crippen MR) is 92.5 cm³/mol. The summed E-state index contributed by atoms with van der Waals surface area (Å²) in [6.45, 7) is 3.40. The van der Waals surface area contributed by atoms with Crippen LogP contribution in [0.2, 0.25) is 0 Å². The van der Waals surface area contributed by atoms with E-state index in [-0.39, 0.29) is 5.69 Å². The number of non-ortho nitro benzene ring substituents is 1. The average molecular weight is 327 g/mol. The standard InChI is InChI=1S/C17H17N3O4/c1-9-4-7-14(20(22)23)15-16(9)19-13-6-5-11(24-3)8-12(13)17(15)18-10(2)21/h4-8,10,21H,1-3H3,(H,18,19). The van der Waals surface area contributed by atoms with Crippen LogP contribution in [-0.4, -0.2) is 28.4 Å². The van der Waals surface area contributed by atoms with Gasteiger partial charge in [0.2, 0.25) is 0 Å². The van der Waals surface area contributed by atoms with Gasteiger partial charge in [-0.15, -0.1) is 0 Å². The van der Waals surface area contributed by atoms with E-state index in [0.29, 0.717) is 33.2 Å². The van der Waals surface area contributed by atoms with Crippen LogP contribution in [0, 0.1) is 17.0 Å². The predicted octanol–water partition coefficient (Wildman–Crippen LogP) is 3.36. The van der Waals surface area contributed by atoms with Gasteiger partial charge in [0, 0.05) is 11.5 Å². The van der Waals surface area contributed by atoms with Crippen LogP contribution in [0.4, 0.5) is 11.4 Å². The smallest absolute Gasteiger partial charge is 0.280 e. The number of ether oxygens (including phenoxy) is 1. The molecule has 3 rings (SSSR count). The third-order valence-corrected chi connectivity index (χ3v) is 3.86. The van der Waals surface area contributed by atoms with Crippen LogP contribution in [0.5, 0.6) is 5.75 Å². The summed E-state index contributed by atoms with van der Waals surface area (Å²) < 4.78 is 5.24. The highest BCUT2D eigenvalue weighted by Crippen LogP contribution is 2.39. The van der Waals surface area contributed by atoms with Crippen LogP contribution < -0.4 is 10.1 Å². The molecule has 0 aliphatic carbocycles. The normalized spacial score (nSPS) is 12.3.